The number of aliphatic carboxylic acids is 1. The Balaban J connectivity index is 2.01. The van der Waals surface area contributed by atoms with Crippen LogP contribution >= 0.6 is 0 Å². The summed E-state index contributed by atoms with van der Waals surface area (Å²) in [6, 6.07) is 11.2. The average molecular weight is 364 g/mol. The van der Waals surface area contributed by atoms with Crippen LogP contribution in [-0.4, -0.2) is 49.9 Å². The van der Waals surface area contributed by atoms with Crippen LogP contribution < -0.4 is 4.72 Å². The molecule has 1 amide bonds. The van der Waals surface area contributed by atoms with E-state index in [2.05, 4.69) is 4.72 Å². The summed E-state index contributed by atoms with van der Waals surface area (Å²) in [5.74, 6) is -1.57. The second-order valence-electron chi connectivity index (χ2n) is 5.68. The predicted octanol–water partition coefficient (Wildman–Crippen LogP) is 1.44. The maximum atomic E-state index is 12.3. The number of carbonyl (C=O) groups excluding carboxylic acids is 1. The van der Waals surface area contributed by atoms with Gasteiger partial charge in [0.2, 0.25) is 15.9 Å². The Kier molecular flexibility index (Phi) is 5.76. The van der Waals surface area contributed by atoms with E-state index in [4.69, 9.17) is 5.11 Å². The number of benzene rings is 2. The lowest BCUT2D eigenvalue weighted by Gasteiger charge is -2.21. The summed E-state index contributed by atoms with van der Waals surface area (Å²) < 4.78 is 27.0. The summed E-state index contributed by atoms with van der Waals surface area (Å²) in [6.07, 6.45) is -0.124. The molecule has 0 aliphatic carbocycles. The number of carbonyl (C=O) groups is 2. The summed E-state index contributed by atoms with van der Waals surface area (Å²) in [5.41, 5.74) is 0. The number of carboxylic acids is 1. The molecule has 1 unspecified atom stereocenters. The van der Waals surface area contributed by atoms with Gasteiger partial charge in [-0.1, -0.05) is 30.3 Å². The van der Waals surface area contributed by atoms with Gasteiger partial charge >= 0.3 is 5.97 Å². The van der Waals surface area contributed by atoms with Crippen molar-refractivity contribution in [2.24, 2.45) is 0 Å². The van der Waals surface area contributed by atoms with E-state index in [9.17, 15) is 18.0 Å². The van der Waals surface area contributed by atoms with Crippen LogP contribution in [-0.2, 0) is 19.6 Å². The van der Waals surface area contributed by atoms with Crippen LogP contribution in [0.5, 0.6) is 0 Å². The molecule has 0 heterocycles. The monoisotopic (exact) mass is 364 g/mol. The van der Waals surface area contributed by atoms with Crippen molar-refractivity contribution < 1.29 is 23.1 Å². The minimum absolute atomic E-state index is 0.106. The van der Waals surface area contributed by atoms with Crippen molar-refractivity contribution in [3.63, 3.8) is 0 Å². The number of sulfonamides is 1. The van der Waals surface area contributed by atoms with Crippen molar-refractivity contribution in [2.75, 3.05) is 13.6 Å². The third kappa shape index (κ3) is 4.55. The van der Waals surface area contributed by atoms with Gasteiger partial charge in [-0.25, -0.2) is 17.9 Å². The molecule has 0 aromatic heterocycles. The van der Waals surface area contributed by atoms with E-state index in [1.165, 1.54) is 20.0 Å². The lowest BCUT2D eigenvalue weighted by molar-refractivity contribution is -0.148. The van der Waals surface area contributed by atoms with Gasteiger partial charge < -0.3 is 10.0 Å². The van der Waals surface area contributed by atoms with Gasteiger partial charge in [0.15, 0.2) is 0 Å². The molecular weight excluding hydrogens is 344 g/mol. The van der Waals surface area contributed by atoms with Crippen LogP contribution in [0.3, 0.4) is 0 Å². The average Bonchev–Trinajstić information content (AvgIpc) is 2.59. The van der Waals surface area contributed by atoms with Crippen LogP contribution in [0.25, 0.3) is 10.8 Å². The summed E-state index contributed by atoms with van der Waals surface area (Å²) in [4.78, 5) is 24.0. The molecule has 25 heavy (non-hydrogen) atoms. The Labute approximate surface area is 146 Å². The maximum Gasteiger partial charge on any atom is 0.326 e. The zero-order valence-electron chi connectivity index (χ0n) is 14.0. The van der Waals surface area contributed by atoms with Gasteiger partial charge in [-0.3, -0.25) is 4.79 Å². The molecule has 0 radical (unpaired) electrons. The van der Waals surface area contributed by atoms with Gasteiger partial charge in [0, 0.05) is 20.0 Å². The van der Waals surface area contributed by atoms with Crippen LogP contribution in [0, 0.1) is 0 Å². The number of fused-ring (bicyclic) bond motifs is 1. The van der Waals surface area contributed by atoms with E-state index in [0.717, 1.165) is 15.7 Å². The van der Waals surface area contributed by atoms with Gasteiger partial charge in [-0.2, -0.15) is 0 Å². The van der Waals surface area contributed by atoms with Gasteiger partial charge in [0.25, 0.3) is 0 Å². The van der Waals surface area contributed by atoms with Crippen molar-refractivity contribution in [1.82, 2.24) is 9.62 Å². The van der Waals surface area contributed by atoms with E-state index in [0.29, 0.717) is 0 Å². The highest BCUT2D eigenvalue weighted by Gasteiger charge is 2.22. The van der Waals surface area contributed by atoms with Crippen LogP contribution in [0.2, 0.25) is 0 Å². The molecule has 2 aromatic carbocycles. The Bertz CT molecular complexity index is 895. The first kappa shape index (κ1) is 18.9. The normalized spacial score (nSPS) is 12.7. The fraction of sp³-hybridized carbons (Fsp3) is 0.294. The Morgan fingerprint density at radius 3 is 2.44 bits per heavy atom. The van der Waals surface area contributed by atoms with E-state index >= 15 is 0 Å². The summed E-state index contributed by atoms with van der Waals surface area (Å²) in [7, 11) is -2.37. The summed E-state index contributed by atoms with van der Waals surface area (Å²) >= 11 is 0. The Morgan fingerprint density at radius 1 is 1.16 bits per heavy atom. The lowest BCUT2D eigenvalue weighted by Crippen LogP contribution is -2.41. The number of rotatable bonds is 7. The molecule has 0 aliphatic rings. The third-order valence-electron chi connectivity index (χ3n) is 3.99. The third-order valence-corrected chi connectivity index (χ3v) is 5.45. The Hall–Kier alpha value is -2.45. The smallest absolute Gasteiger partial charge is 0.326 e. The molecule has 7 nitrogen and oxygen atoms in total. The minimum atomic E-state index is -3.75. The van der Waals surface area contributed by atoms with Crippen LogP contribution in [0.1, 0.15) is 13.3 Å². The zero-order valence-corrected chi connectivity index (χ0v) is 14.8. The Morgan fingerprint density at radius 2 is 1.80 bits per heavy atom. The molecule has 8 heteroatoms. The van der Waals surface area contributed by atoms with Crippen LogP contribution in [0.15, 0.2) is 47.4 Å². The SMILES string of the molecule is CC(C(=O)O)N(C)C(=O)CCNS(=O)(=O)c1ccc2ccccc2c1. The number of hydrogen-bond donors (Lipinski definition) is 2. The number of amides is 1. The predicted molar refractivity (Wildman–Crippen MR) is 93.6 cm³/mol. The minimum Gasteiger partial charge on any atom is -0.480 e. The first-order valence-corrected chi connectivity index (χ1v) is 9.17. The van der Waals surface area contributed by atoms with Crippen molar-refractivity contribution in [2.45, 2.75) is 24.3 Å². The maximum absolute atomic E-state index is 12.3. The number of nitrogens with one attached hydrogen (secondary N) is 1. The lowest BCUT2D eigenvalue weighted by atomic mass is 10.1. The van der Waals surface area contributed by atoms with Gasteiger partial charge in [-0.05, 0) is 29.8 Å². The number of carboxylic acid groups (broad SMARTS) is 1. The molecule has 0 saturated heterocycles. The largest absolute Gasteiger partial charge is 0.480 e. The fourth-order valence-electron chi connectivity index (χ4n) is 2.27. The number of hydrogen-bond acceptors (Lipinski definition) is 4. The van der Waals surface area contributed by atoms with Crippen LogP contribution in [0.4, 0.5) is 0 Å². The quantitative estimate of drug-likeness (QED) is 0.774. The zero-order chi connectivity index (χ0) is 18.6. The molecule has 2 N–H and O–H groups in total. The highest BCUT2D eigenvalue weighted by atomic mass is 32.2. The fourth-order valence-corrected chi connectivity index (χ4v) is 3.33. The second-order valence-corrected chi connectivity index (χ2v) is 7.44. The molecule has 0 aliphatic heterocycles. The van der Waals surface area contributed by atoms with E-state index in [1.54, 1.807) is 12.1 Å². The highest BCUT2D eigenvalue weighted by Crippen LogP contribution is 2.18. The van der Waals surface area contributed by atoms with Crippen molar-refractivity contribution in [1.29, 1.82) is 0 Å². The van der Waals surface area contributed by atoms with Crippen molar-refractivity contribution in [3.8, 4) is 0 Å². The second kappa shape index (κ2) is 7.62. The first-order valence-electron chi connectivity index (χ1n) is 7.69. The van der Waals surface area contributed by atoms with Crippen molar-refractivity contribution in [3.05, 3.63) is 42.5 Å². The summed E-state index contributed by atoms with van der Waals surface area (Å²) in [6.45, 7) is 1.28. The molecular formula is C17H20N2O5S. The number of nitrogens with zero attached hydrogens (tertiary/aromatic N) is 1. The highest BCUT2D eigenvalue weighted by molar-refractivity contribution is 7.89. The topological polar surface area (TPSA) is 104 Å². The molecule has 1 atom stereocenters. The molecule has 134 valence electrons. The molecule has 0 bridgehead atoms. The standard InChI is InChI=1S/C17H20N2O5S/c1-12(17(21)22)19(2)16(20)9-10-18-25(23,24)15-8-7-13-5-3-4-6-14(13)11-15/h3-8,11-12,18H,9-10H2,1-2H3,(H,21,22). The first-order chi connectivity index (χ1) is 11.7. The molecule has 0 spiro atoms. The van der Waals surface area contributed by atoms with E-state index in [-0.39, 0.29) is 17.9 Å². The summed E-state index contributed by atoms with van der Waals surface area (Å²) in [5, 5.41) is 10.6. The van der Waals surface area contributed by atoms with E-state index in [1.807, 2.05) is 24.3 Å². The van der Waals surface area contributed by atoms with Gasteiger partial charge in [-0.15, -0.1) is 0 Å². The van der Waals surface area contributed by atoms with Gasteiger partial charge in [0.05, 0.1) is 4.90 Å². The van der Waals surface area contributed by atoms with Gasteiger partial charge in [0.1, 0.15) is 6.04 Å². The molecule has 0 saturated carbocycles. The number of likely N-dealkylation sites (N-methyl/N-ethyl adjacent to an activating group) is 1. The molecule has 2 rings (SSSR count). The van der Waals surface area contributed by atoms with Crippen molar-refractivity contribution >= 4 is 32.7 Å². The van der Waals surface area contributed by atoms with E-state index < -0.39 is 27.9 Å². The molecule has 2 aromatic rings. The molecule has 0 fully saturated rings.